The molecule has 4 N–H and O–H groups in total. The number of benzene rings is 1. The molecule has 0 aliphatic rings. The predicted molar refractivity (Wildman–Crippen MR) is 64.1 cm³/mol. The number of rotatable bonds is 3. The molecule has 1 aromatic rings. The topological polar surface area (TPSA) is 84.6 Å². The number of hydrogen-bond donors (Lipinski definition) is 3. The van der Waals surface area contributed by atoms with Gasteiger partial charge in [0.15, 0.2) is 0 Å². The van der Waals surface area contributed by atoms with Crippen LogP contribution in [0.2, 0.25) is 19.6 Å². The predicted octanol–water partition coefficient (Wildman–Crippen LogP) is 1.60. The minimum absolute atomic E-state index is 0.277. The third-order valence-corrected chi connectivity index (χ3v) is 2.60. The van der Waals surface area contributed by atoms with Crippen LogP contribution in [0.25, 0.3) is 0 Å². The maximum absolute atomic E-state index is 11.4. The lowest BCUT2D eigenvalue weighted by molar-refractivity contribution is 0.0704. The molecule has 88 valence electrons. The Bertz CT molecular complexity index is 402. The average Bonchev–Trinajstić information content (AvgIpc) is 2.14. The Morgan fingerprint density at radius 3 is 2.56 bits per heavy atom. The van der Waals surface area contributed by atoms with Gasteiger partial charge in [-0.25, -0.2) is 5.48 Å². The largest absolute Gasteiger partial charge is 0.544 e. The highest BCUT2D eigenvalue weighted by Gasteiger charge is 2.20. The summed E-state index contributed by atoms with van der Waals surface area (Å²) in [5, 5.41) is 8.61. The fourth-order valence-electron chi connectivity index (χ4n) is 1.20. The second-order valence-corrected chi connectivity index (χ2v) is 8.84. The van der Waals surface area contributed by atoms with Gasteiger partial charge in [0.05, 0.1) is 5.56 Å². The molecule has 1 aromatic carbocycles. The summed E-state index contributed by atoms with van der Waals surface area (Å²) in [4.78, 5) is 11.4. The Morgan fingerprint density at radius 2 is 2.06 bits per heavy atom. The van der Waals surface area contributed by atoms with Crippen LogP contribution in [0.3, 0.4) is 0 Å². The maximum atomic E-state index is 11.4. The summed E-state index contributed by atoms with van der Waals surface area (Å²) >= 11 is 0. The minimum Gasteiger partial charge on any atom is -0.544 e. The van der Waals surface area contributed by atoms with E-state index in [4.69, 9.17) is 15.4 Å². The van der Waals surface area contributed by atoms with Crippen LogP contribution in [-0.4, -0.2) is 19.4 Å². The minimum atomic E-state index is -1.83. The number of anilines is 1. The summed E-state index contributed by atoms with van der Waals surface area (Å²) in [5.41, 5.74) is 8.01. The molecule has 0 fully saturated rings. The fraction of sp³-hybridized carbons (Fsp3) is 0.300. The number of carbonyl (C=O) groups excluding carboxylic acids is 1. The van der Waals surface area contributed by atoms with Crippen LogP contribution in [0.1, 0.15) is 10.4 Å². The van der Waals surface area contributed by atoms with Gasteiger partial charge in [0.2, 0.25) is 8.32 Å². The molecule has 0 saturated carbocycles. The standard InChI is InChI=1S/C10H16N2O3Si/c1-16(2,3)15-9-6-7(11)4-5-8(9)10(13)12-14/h4-6,14H,11H2,1-3H3,(H,12,13). The highest BCUT2D eigenvalue weighted by molar-refractivity contribution is 6.70. The maximum Gasteiger partial charge on any atom is 0.278 e. The molecule has 0 unspecified atom stereocenters. The van der Waals surface area contributed by atoms with Crippen molar-refractivity contribution in [2.75, 3.05) is 5.73 Å². The lowest BCUT2D eigenvalue weighted by atomic mass is 10.2. The van der Waals surface area contributed by atoms with E-state index < -0.39 is 14.2 Å². The number of amides is 1. The molecule has 5 nitrogen and oxygen atoms in total. The Balaban J connectivity index is 3.13. The first-order valence-electron chi connectivity index (χ1n) is 4.86. The van der Waals surface area contributed by atoms with E-state index in [1.807, 2.05) is 19.6 Å². The molecule has 16 heavy (non-hydrogen) atoms. The van der Waals surface area contributed by atoms with Gasteiger partial charge in [-0.2, -0.15) is 0 Å². The molecule has 1 amide bonds. The van der Waals surface area contributed by atoms with Gasteiger partial charge in [0.1, 0.15) is 5.75 Å². The third-order valence-electron chi connectivity index (χ3n) is 1.77. The van der Waals surface area contributed by atoms with Crippen molar-refractivity contribution in [1.82, 2.24) is 5.48 Å². The van der Waals surface area contributed by atoms with Crippen LogP contribution in [0.5, 0.6) is 5.75 Å². The van der Waals surface area contributed by atoms with E-state index in [-0.39, 0.29) is 5.56 Å². The van der Waals surface area contributed by atoms with Crippen LogP contribution >= 0.6 is 0 Å². The van der Waals surface area contributed by atoms with E-state index in [1.165, 1.54) is 6.07 Å². The van der Waals surface area contributed by atoms with Gasteiger partial charge in [-0.15, -0.1) is 0 Å². The number of nitrogens with one attached hydrogen (secondary N) is 1. The molecule has 0 radical (unpaired) electrons. The highest BCUT2D eigenvalue weighted by atomic mass is 28.4. The number of hydrogen-bond acceptors (Lipinski definition) is 4. The first-order chi connectivity index (χ1) is 7.33. The third kappa shape index (κ3) is 3.25. The van der Waals surface area contributed by atoms with E-state index in [2.05, 4.69) is 0 Å². The molecule has 0 spiro atoms. The highest BCUT2D eigenvalue weighted by Crippen LogP contribution is 2.24. The van der Waals surface area contributed by atoms with Crippen molar-refractivity contribution in [1.29, 1.82) is 0 Å². The van der Waals surface area contributed by atoms with Crippen molar-refractivity contribution in [3.63, 3.8) is 0 Å². The SMILES string of the molecule is C[Si](C)(C)Oc1cc(N)ccc1C(=O)NO. The van der Waals surface area contributed by atoms with Gasteiger partial charge in [-0.3, -0.25) is 10.0 Å². The van der Waals surface area contributed by atoms with E-state index in [0.717, 1.165) is 0 Å². The summed E-state index contributed by atoms with van der Waals surface area (Å²) in [7, 11) is -1.83. The molecule has 1 rings (SSSR count). The van der Waals surface area contributed by atoms with Crippen molar-refractivity contribution >= 4 is 19.9 Å². The van der Waals surface area contributed by atoms with E-state index >= 15 is 0 Å². The fourth-order valence-corrected chi connectivity index (χ4v) is 2.03. The summed E-state index contributed by atoms with van der Waals surface area (Å²) in [5.74, 6) is -0.195. The van der Waals surface area contributed by atoms with Gasteiger partial charge in [0, 0.05) is 11.8 Å². The summed E-state index contributed by atoms with van der Waals surface area (Å²) in [6.07, 6.45) is 0. The summed E-state index contributed by atoms with van der Waals surface area (Å²) in [6.45, 7) is 5.99. The summed E-state index contributed by atoms with van der Waals surface area (Å²) in [6, 6.07) is 4.70. The van der Waals surface area contributed by atoms with Gasteiger partial charge in [-0.05, 0) is 31.8 Å². The van der Waals surface area contributed by atoms with Gasteiger partial charge in [-0.1, -0.05) is 0 Å². The monoisotopic (exact) mass is 240 g/mol. The Labute approximate surface area is 95.3 Å². The van der Waals surface area contributed by atoms with Crippen molar-refractivity contribution in [3.05, 3.63) is 23.8 Å². The number of hydroxylamine groups is 1. The molecule has 0 aliphatic heterocycles. The zero-order chi connectivity index (χ0) is 12.3. The molecule has 0 saturated heterocycles. The van der Waals surface area contributed by atoms with E-state index in [9.17, 15) is 4.79 Å². The second kappa shape index (κ2) is 4.54. The molecular weight excluding hydrogens is 224 g/mol. The molecule has 0 bridgehead atoms. The van der Waals surface area contributed by atoms with Gasteiger partial charge >= 0.3 is 0 Å². The Hall–Kier alpha value is -1.53. The zero-order valence-corrected chi connectivity index (χ0v) is 10.6. The lowest BCUT2D eigenvalue weighted by Gasteiger charge is -2.21. The normalized spacial score (nSPS) is 11.0. The first-order valence-corrected chi connectivity index (χ1v) is 8.27. The van der Waals surface area contributed by atoms with Crippen molar-refractivity contribution in [3.8, 4) is 5.75 Å². The van der Waals surface area contributed by atoms with Crippen LogP contribution in [0, 0.1) is 0 Å². The van der Waals surface area contributed by atoms with Crippen molar-refractivity contribution in [2.24, 2.45) is 0 Å². The van der Waals surface area contributed by atoms with Crippen molar-refractivity contribution < 1.29 is 14.4 Å². The summed E-state index contributed by atoms with van der Waals surface area (Å²) < 4.78 is 5.72. The van der Waals surface area contributed by atoms with Crippen molar-refractivity contribution in [2.45, 2.75) is 19.6 Å². The molecule has 0 atom stereocenters. The Kier molecular flexibility index (Phi) is 3.56. The zero-order valence-electron chi connectivity index (χ0n) is 9.57. The lowest BCUT2D eigenvalue weighted by Crippen LogP contribution is -2.31. The van der Waals surface area contributed by atoms with Crippen LogP contribution < -0.4 is 15.6 Å². The molecule has 0 aliphatic carbocycles. The second-order valence-electron chi connectivity index (χ2n) is 4.41. The quantitative estimate of drug-likeness (QED) is 0.324. The molecule has 0 aromatic heterocycles. The number of nitrogens with two attached hydrogens (primary N) is 1. The van der Waals surface area contributed by atoms with Gasteiger partial charge in [0.25, 0.3) is 5.91 Å². The smallest absolute Gasteiger partial charge is 0.278 e. The molecule has 6 heteroatoms. The van der Waals surface area contributed by atoms with E-state index in [0.29, 0.717) is 11.4 Å². The van der Waals surface area contributed by atoms with Crippen LogP contribution in [0.15, 0.2) is 18.2 Å². The Morgan fingerprint density at radius 1 is 1.44 bits per heavy atom. The van der Waals surface area contributed by atoms with E-state index in [1.54, 1.807) is 17.6 Å². The average molecular weight is 240 g/mol. The number of carbonyl (C=O) groups is 1. The van der Waals surface area contributed by atoms with Crippen LogP contribution in [-0.2, 0) is 0 Å². The van der Waals surface area contributed by atoms with Gasteiger partial charge < -0.3 is 10.2 Å². The number of nitrogen functional groups attached to an aromatic ring is 1. The molecular formula is C10H16N2O3Si. The van der Waals surface area contributed by atoms with Crippen LogP contribution in [0.4, 0.5) is 5.69 Å². The molecule has 0 heterocycles. The first kappa shape index (κ1) is 12.5.